The van der Waals surface area contributed by atoms with Crippen LogP contribution in [0.25, 0.3) is 11.7 Å². The summed E-state index contributed by atoms with van der Waals surface area (Å²) in [5, 5.41) is 0. The lowest BCUT2D eigenvalue weighted by Gasteiger charge is -2.37. The fraction of sp³-hybridized carbons (Fsp3) is 0.379. The van der Waals surface area contributed by atoms with Gasteiger partial charge in [0.05, 0.1) is 30.2 Å². The molecule has 1 atom stereocenters. The van der Waals surface area contributed by atoms with E-state index in [9.17, 15) is 9.59 Å². The topological polar surface area (TPSA) is 79.6 Å². The van der Waals surface area contributed by atoms with Gasteiger partial charge in [-0.1, -0.05) is 30.0 Å². The first kappa shape index (κ1) is 26.8. The van der Waals surface area contributed by atoms with Crippen molar-refractivity contribution in [1.29, 1.82) is 0 Å². The van der Waals surface area contributed by atoms with E-state index < -0.39 is 0 Å². The number of aryl methyl sites for hydroxylation is 1. The smallest absolute Gasteiger partial charge is 0.267 e. The number of ether oxygens (including phenoxy) is 2. The van der Waals surface area contributed by atoms with E-state index in [4.69, 9.17) is 26.7 Å². The van der Waals surface area contributed by atoms with E-state index in [1.54, 1.807) is 28.7 Å². The molecule has 0 aliphatic carbocycles. The van der Waals surface area contributed by atoms with Crippen LogP contribution in [-0.2, 0) is 9.53 Å². The summed E-state index contributed by atoms with van der Waals surface area (Å²) >= 11 is 6.79. The van der Waals surface area contributed by atoms with E-state index in [0.717, 1.165) is 42.9 Å². The number of aromatic nitrogens is 2. The van der Waals surface area contributed by atoms with Crippen molar-refractivity contribution in [2.45, 2.75) is 25.9 Å². The first-order valence-corrected chi connectivity index (χ1v) is 14.7. The molecule has 3 aromatic rings. The summed E-state index contributed by atoms with van der Waals surface area (Å²) in [5.41, 5.74) is 2.85. The zero-order valence-corrected chi connectivity index (χ0v) is 24.2. The van der Waals surface area contributed by atoms with Crippen molar-refractivity contribution in [1.82, 2.24) is 14.3 Å². The average molecular weight is 578 g/mol. The summed E-state index contributed by atoms with van der Waals surface area (Å²) in [7, 11) is 1.66. The molecule has 3 aliphatic heterocycles. The predicted octanol–water partition coefficient (Wildman–Crippen LogP) is 3.72. The van der Waals surface area contributed by atoms with Gasteiger partial charge in [0, 0.05) is 44.7 Å². The highest BCUT2D eigenvalue weighted by Crippen LogP contribution is 2.34. The van der Waals surface area contributed by atoms with E-state index in [1.165, 1.54) is 11.8 Å². The monoisotopic (exact) mass is 577 g/mol. The molecule has 9 nitrogen and oxygen atoms in total. The molecule has 0 spiro atoms. The molecule has 0 saturated carbocycles. The molecular formula is C29H31N5O4S2. The minimum absolute atomic E-state index is 0.00431. The van der Waals surface area contributed by atoms with Crippen molar-refractivity contribution >= 4 is 57.4 Å². The van der Waals surface area contributed by atoms with Crippen molar-refractivity contribution in [2.24, 2.45) is 0 Å². The van der Waals surface area contributed by atoms with Gasteiger partial charge in [-0.05, 0) is 61.7 Å². The highest BCUT2D eigenvalue weighted by molar-refractivity contribution is 8.26. The number of anilines is 2. The normalized spacial score (nSPS) is 20.8. The van der Waals surface area contributed by atoms with Gasteiger partial charge < -0.3 is 19.3 Å². The van der Waals surface area contributed by atoms with Crippen LogP contribution in [0.5, 0.6) is 5.75 Å². The molecule has 1 amide bonds. The summed E-state index contributed by atoms with van der Waals surface area (Å²) in [6.45, 7) is 5.99. The molecule has 2 aromatic heterocycles. The molecule has 3 aliphatic rings. The van der Waals surface area contributed by atoms with Crippen LogP contribution in [0.2, 0.25) is 0 Å². The van der Waals surface area contributed by atoms with Crippen molar-refractivity contribution in [3.63, 3.8) is 0 Å². The molecule has 3 fully saturated rings. The van der Waals surface area contributed by atoms with Crippen LogP contribution in [0.1, 0.15) is 24.0 Å². The van der Waals surface area contributed by atoms with Crippen molar-refractivity contribution in [3.8, 4) is 5.75 Å². The molecule has 1 aromatic carbocycles. The Balaban J connectivity index is 1.32. The quantitative estimate of drug-likeness (QED) is 0.322. The predicted molar refractivity (Wildman–Crippen MR) is 162 cm³/mol. The molecule has 0 radical (unpaired) electrons. The van der Waals surface area contributed by atoms with Gasteiger partial charge in [0.15, 0.2) is 0 Å². The SMILES string of the molecule is COc1ccc(N2CCN(c3nc4ccc(C)cn4c(=O)c3/C=C3\SC(=S)N(C[C@H]4CCCO4)C3=O)CC2)cc1. The van der Waals surface area contributed by atoms with Crippen LogP contribution in [0.15, 0.2) is 52.3 Å². The van der Waals surface area contributed by atoms with Crippen molar-refractivity contribution < 1.29 is 14.3 Å². The minimum Gasteiger partial charge on any atom is -0.497 e. The fourth-order valence-corrected chi connectivity index (χ4v) is 6.62. The molecule has 6 rings (SSSR count). The van der Waals surface area contributed by atoms with E-state index in [-0.39, 0.29) is 17.6 Å². The number of thiocarbonyl (C=S) groups is 1. The number of thioether (sulfide) groups is 1. The highest BCUT2D eigenvalue weighted by atomic mass is 32.2. The number of amides is 1. The number of hydrogen-bond donors (Lipinski definition) is 0. The maximum atomic E-state index is 13.9. The van der Waals surface area contributed by atoms with E-state index in [1.807, 2.05) is 31.2 Å². The largest absolute Gasteiger partial charge is 0.497 e. The van der Waals surface area contributed by atoms with Crippen LogP contribution in [0.3, 0.4) is 0 Å². The van der Waals surface area contributed by atoms with E-state index in [0.29, 0.717) is 52.5 Å². The Kier molecular flexibility index (Phi) is 7.52. The van der Waals surface area contributed by atoms with Gasteiger partial charge >= 0.3 is 0 Å². The standard InChI is InChI=1S/C29H31N5O4S2/c1-19-5-10-25-30-26(32-13-11-31(12-14-32)20-6-8-21(37-2)9-7-20)23(27(35)33(25)17-19)16-24-28(36)34(29(39)40-24)18-22-4-3-15-38-22/h5-10,16-17,22H,3-4,11-15,18H2,1-2H3/b24-16-/t22-/m1/s1. The van der Waals surface area contributed by atoms with Gasteiger partial charge in [-0.2, -0.15) is 0 Å². The van der Waals surface area contributed by atoms with Crippen LogP contribution < -0.4 is 20.1 Å². The van der Waals surface area contributed by atoms with Crippen LogP contribution in [0.4, 0.5) is 11.5 Å². The number of carbonyl (C=O) groups is 1. The second-order valence-electron chi connectivity index (χ2n) is 10.2. The zero-order valence-electron chi connectivity index (χ0n) is 22.5. The van der Waals surface area contributed by atoms with Gasteiger partial charge in [-0.25, -0.2) is 4.98 Å². The number of methoxy groups -OCH3 is 1. The highest BCUT2D eigenvalue weighted by Gasteiger charge is 2.35. The summed E-state index contributed by atoms with van der Waals surface area (Å²) in [6, 6.07) is 11.8. The van der Waals surface area contributed by atoms with Crippen molar-refractivity contribution in [2.75, 3.05) is 56.2 Å². The molecule has 0 N–H and O–H groups in total. The first-order valence-electron chi connectivity index (χ1n) is 13.5. The van der Waals surface area contributed by atoms with Crippen LogP contribution in [-0.4, -0.2) is 77.1 Å². The lowest BCUT2D eigenvalue weighted by Crippen LogP contribution is -2.47. The Labute approximate surface area is 242 Å². The van der Waals surface area contributed by atoms with Gasteiger partial charge in [-0.3, -0.25) is 18.9 Å². The fourth-order valence-electron chi connectivity index (χ4n) is 5.36. The number of piperazine rings is 1. The molecule has 208 valence electrons. The average Bonchev–Trinajstić information content (AvgIpc) is 3.59. The van der Waals surface area contributed by atoms with E-state index in [2.05, 4.69) is 21.9 Å². The van der Waals surface area contributed by atoms with Gasteiger partial charge in [0.1, 0.15) is 21.5 Å². The Morgan fingerprint density at radius 1 is 1.10 bits per heavy atom. The number of rotatable bonds is 6. The first-order chi connectivity index (χ1) is 19.4. The van der Waals surface area contributed by atoms with Crippen molar-refractivity contribution in [3.05, 3.63) is 69.0 Å². The molecular weight excluding hydrogens is 546 g/mol. The summed E-state index contributed by atoms with van der Waals surface area (Å²) in [6.07, 6.45) is 5.37. The summed E-state index contributed by atoms with van der Waals surface area (Å²) in [4.78, 5) is 38.7. The third kappa shape index (κ3) is 5.21. The van der Waals surface area contributed by atoms with E-state index >= 15 is 0 Å². The second-order valence-corrected chi connectivity index (χ2v) is 11.9. The summed E-state index contributed by atoms with van der Waals surface area (Å²) < 4.78 is 13.1. The number of hydrogen-bond acceptors (Lipinski definition) is 9. The zero-order chi connectivity index (χ0) is 27.8. The third-order valence-electron chi connectivity index (χ3n) is 7.56. The Morgan fingerprint density at radius 2 is 1.85 bits per heavy atom. The van der Waals surface area contributed by atoms with Crippen LogP contribution in [0, 0.1) is 6.92 Å². The lowest BCUT2D eigenvalue weighted by molar-refractivity contribution is -0.123. The minimum atomic E-state index is -0.203. The Hall–Kier alpha value is -3.41. The number of carbonyl (C=O) groups excluding carboxylic acids is 1. The molecule has 0 bridgehead atoms. The molecule has 3 saturated heterocycles. The molecule has 5 heterocycles. The molecule has 40 heavy (non-hydrogen) atoms. The molecule has 0 unspecified atom stereocenters. The summed E-state index contributed by atoms with van der Waals surface area (Å²) in [5.74, 6) is 1.23. The molecule has 11 heteroatoms. The number of fused-ring (bicyclic) bond motifs is 1. The van der Waals surface area contributed by atoms with Gasteiger partial charge in [0.25, 0.3) is 11.5 Å². The number of nitrogens with zero attached hydrogens (tertiary/aromatic N) is 5. The van der Waals surface area contributed by atoms with Gasteiger partial charge in [-0.15, -0.1) is 0 Å². The number of benzene rings is 1. The Morgan fingerprint density at radius 3 is 2.55 bits per heavy atom. The van der Waals surface area contributed by atoms with Gasteiger partial charge in [0.2, 0.25) is 0 Å². The second kappa shape index (κ2) is 11.2. The number of pyridine rings is 1. The Bertz CT molecular complexity index is 1540. The third-order valence-corrected chi connectivity index (χ3v) is 8.94. The lowest BCUT2D eigenvalue weighted by atomic mass is 10.2. The van der Waals surface area contributed by atoms with Crippen LogP contribution >= 0.6 is 24.0 Å². The maximum absolute atomic E-state index is 13.9. The maximum Gasteiger partial charge on any atom is 0.267 e.